The molecule has 2 heterocycles. The zero-order chi connectivity index (χ0) is 18.6. The van der Waals surface area contributed by atoms with Gasteiger partial charge in [-0.1, -0.05) is 49.6 Å². The van der Waals surface area contributed by atoms with Crippen LogP contribution in [0.1, 0.15) is 56.9 Å². The van der Waals surface area contributed by atoms with Gasteiger partial charge in [0.2, 0.25) is 0 Å². The highest BCUT2D eigenvalue weighted by Crippen LogP contribution is 2.23. The summed E-state index contributed by atoms with van der Waals surface area (Å²) < 4.78 is 5.41. The monoisotopic (exact) mass is 444 g/mol. The van der Waals surface area contributed by atoms with Crippen LogP contribution in [0.3, 0.4) is 0 Å². The summed E-state index contributed by atoms with van der Waals surface area (Å²) in [5.74, 6) is 0.971. The molecule has 0 saturated carbocycles. The Morgan fingerprint density at radius 1 is 0.724 bits per heavy atom. The van der Waals surface area contributed by atoms with Gasteiger partial charge < -0.3 is 9.64 Å². The first-order valence-corrected chi connectivity index (χ1v) is 11.5. The Morgan fingerprint density at radius 3 is 1.93 bits per heavy atom. The summed E-state index contributed by atoms with van der Waals surface area (Å²) in [6, 6.07) is 11.0. The molecule has 0 bridgehead atoms. The van der Waals surface area contributed by atoms with Crippen molar-refractivity contribution in [1.82, 2.24) is 9.80 Å². The van der Waals surface area contributed by atoms with Crippen molar-refractivity contribution >= 4 is 24.8 Å². The zero-order valence-electron chi connectivity index (χ0n) is 18.1. The van der Waals surface area contributed by atoms with Crippen LogP contribution in [0.2, 0.25) is 0 Å². The van der Waals surface area contributed by atoms with Gasteiger partial charge in [-0.2, -0.15) is 0 Å². The van der Waals surface area contributed by atoms with E-state index < -0.39 is 0 Å². The average Bonchev–Trinajstić information content (AvgIpc) is 2.73. The van der Waals surface area contributed by atoms with Crippen molar-refractivity contribution < 1.29 is 4.74 Å². The van der Waals surface area contributed by atoms with Gasteiger partial charge in [-0.05, 0) is 76.2 Å². The van der Waals surface area contributed by atoms with Gasteiger partial charge in [0.25, 0.3) is 0 Å². The van der Waals surface area contributed by atoms with Crippen molar-refractivity contribution in [2.45, 2.75) is 57.8 Å². The number of unbranched alkanes of at least 4 members (excludes halogenated alkanes) is 3. The maximum atomic E-state index is 5.41. The highest BCUT2D eigenvalue weighted by atomic mass is 35.5. The molecule has 0 unspecified atom stereocenters. The Labute approximate surface area is 191 Å². The fraction of sp³-hybridized carbons (Fsp3) is 0.750. The number of likely N-dealkylation sites (tertiary alicyclic amines) is 1. The molecule has 0 aliphatic carbocycles. The molecule has 2 aliphatic heterocycles. The lowest BCUT2D eigenvalue weighted by atomic mass is 9.90. The number of benzene rings is 1. The van der Waals surface area contributed by atoms with E-state index in [1.807, 2.05) is 0 Å². The number of halogens is 2. The maximum Gasteiger partial charge on any atom is 0.0594 e. The van der Waals surface area contributed by atoms with Crippen LogP contribution in [0.4, 0.5) is 0 Å². The summed E-state index contributed by atoms with van der Waals surface area (Å²) in [6.45, 7) is 9.42. The van der Waals surface area contributed by atoms with Gasteiger partial charge in [0.1, 0.15) is 0 Å². The molecule has 1 aromatic rings. The molecule has 0 spiro atoms. The molecule has 2 saturated heterocycles. The molecular weight excluding hydrogens is 403 g/mol. The molecule has 5 heteroatoms. The molecular formula is C24H42Cl2N2O. The van der Waals surface area contributed by atoms with Gasteiger partial charge in [0, 0.05) is 13.1 Å². The lowest BCUT2D eigenvalue weighted by Gasteiger charge is -2.32. The van der Waals surface area contributed by atoms with Crippen molar-refractivity contribution in [1.29, 1.82) is 0 Å². The van der Waals surface area contributed by atoms with Crippen LogP contribution in [-0.2, 0) is 11.2 Å². The van der Waals surface area contributed by atoms with E-state index in [2.05, 4.69) is 40.1 Å². The number of piperidine rings is 1. The second-order valence-corrected chi connectivity index (χ2v) is 8.53. The van der Waals surface area contributed by atoms with Crippen LogP contribution >= 0.6 is 24.8 Å². The van der Waals surface area contributed by atoms with Gasteiger partial charge in [-0.3, -0.25) is 4.90 Å². The zero-order valence-corrected chi connectivity index (χ0v) is 19.7. The Balaban J connectivity index is 0.00000210. The summed E-state index contributed by atoms with van der Waals surface area (Å²) in [5, 5.41) is 0. The average molecular weight is 446 g/mol. The highest BCUT2D eigenvalue weighted by Gasteiger charge is 2.18. The third-order valence-corrected chi connectivity index (χ3v) is 6.43. The molecule has 0 atom stereocenters. The van der Waals surface area contributed by atoms with Crippen molar-refractivity contribution in [3.05, 3.63) is 35.9 Å². The first-order chi connectivity index (χ1) is 13.4. The molecule has 0 aromatic heterocycles. The van der Waals surface area contributed by atoms with E-state index in [1.165, 1.54) is 89.5 Å². The summed E-state index contributed by atoms with van der Waals surface area (Å²) in [6.07, 6.45) is 12.4. The first kappa shape index (κ1) is 26.7. The molecule has 0 amide bonds. The lowest BCUT2D eigenvalue weighted by molar-refractivity contribution is 0.0371. The molecule has 3 nitrogen and oxygen atoms in total. The van der Waals surface area contributed by atoms with Gasteiger partial charge in [0.15, 0.2) is 0 Å². The number of nitrogens with zero attached hydrogens (tertiary/aromatic N) is 2. The number of ether oxygens (including phenoxy) is 1. The Hall–Kier alpha value is -0.320. The van der Waals surface area contributed by atoms with Crippen LogP contribution < -0.4 is 0 Å². The number of morpholine rings is 1. The van der Waals surface area contributed by atoms with E-state index >= 15 is 0 Å². The van der Waals surface area contributed by atoms with Crippen molar-refractivity contribution in [3.8, 4) is 0 Å². The van der Waals surface area contributed by atoms with Gasteiger partial charge in [-0.15, -0.1) is 24.8 Å². The quantitative estimate of drug-likeness (QED) is 0.421. The lowest BCUT2D eigenvalue weighted by Crippen LogP contribution is -2.36. The molecule has 0 N–H and O–H groups in total. The van der Waals surface area contributed by atoms with E-state index in [0.717, 1.165) is 32.2 Å². The van der Waals surface area contributed by atoms with Crippen LogP contribution in [0.25, 0.3) is 0 Å². The Morgan fingerprint density at radius 2 is 1.31 bits per heavy atom. The van der Waals surface area contributed by atoms with Crippen molar-refractivity contribution in [3.63, 3.8) is 0 Å². The van der Waals surface area contributed by atoms with Crippen LogP contribution in [0.15, 0.2) is 30.3 Å². The number of hydrogen-bond donors (Lipinski definition) is 0. The van der Waals surface area contributed by atoms with Crippen molar-refractivity contribution in [2.75, 3.05) is 52.5 Å². The molecule has 0 radical (unpaired) electrons. The van der Waals surface area contributed by atoms with Crippen LogP contribution in [-0.4, -0.2) is 62.3 Å². The number of rotatable bonds is 11. The molecule has 168 valence electrons. The summed E-state index contributed by atoms with van der Waals surface area (Å²) in [7, 11) is 0. The fourth-order valence-corrected chi connectivity index (χ4v) is 4.59. The third kappa shape index (κ3) is 11.0. The van der Waals surface area contributed by atoms with E-state index in [1.54, 1.807) is 0 Å². The number of hydrogen-bond acceptors (Lipinski definition) is 3. The predicted molar refractivity (Wildman–Crippen MR) is 129 cm³/mol. The Bertz CT molecular complexity index is 489. The molecule has 3 rings (SSSR count). The molecule has 2 fully saturated rings. The standard InChI is InChI=1S/C24H40N2O.2ClH/c1(2-7-16-26-19-21-27-22-20-26)6-15-25-17-13-24(14-18-25)12-8-11-23-9-4-3-5-10-23;;/h3-5,9-10,24H,1-2,6-8,11-22H2;2*1H. The summed E-state index contributed by atoms with van der Waals surface area (Å²) in [4.78, 5) is 5.28. The first-order valence-electron chi connectivity index (χ1n) is 11.5. The van der Waals surface area contributed by atoms with Crippen molar-refractivity contribution in [2.24, 2.45) is 5.92 Å². The molecule has 1 aromatic carbocycles. The minimum atomic E-state index is 0. The summed E-state index contributed by atoms with van der Waals surface area (Å²) in [5.41, 5.74) is 1.50. The van der Waals surface area contributed by atoms with Crippen LogP contribution in [0, 0.1) is 5.92 Å². The third-order valence-electron chi connectivity index (χ3n) is 6.43. The predicted octanol–water partition coefficient (Wildman–Crippen LogP) is 5.46. The van der Waals surface area contributed by atoms with Gasteiger partial charge >= 0.3 is 0 Å². The second-order valence-electron chi connectivity index (χ2n) is 8.53. The fourth-order valence-electron chi connectivity index (χ4n) is 4.59. The second kappa shape index (κ2) is 16.4. The summed E-state index contributed by atoms with van der Waals surface area (Å²) >= 11 is 0. The number of aryl methyl sites for hydroxylation is 1. The van der Waals surface area contributed by atoms with E-state index in [4.69, 9.17) is 4.74 Å². The maximum absolute atomic E-state index is 5.41. The topological polar surface area (TPSA) is 15.7 Å². The van der Waals surface area contributed by atoms with Gasteiger partial charge in [0.05, 0.1) is 13.2 Å². The normalized spacial score (nSPS) is 18.8. The minimum absolute atomic E-state index is 0. The van der Waals surface area contributed by atoms with E-state index in [-0.39, 0.29) is 24.8 Å². The van der Waals surface area contributed by atoms with Gasteiger partial charge in [-0.25, -0.2) is 0 Å². The molecule has 2 aliphatic rings. The SMILES string of the molecule is Cl.Cl.c1ccc(CCCC2CCN(CCCCCCN3CCOCC3)CC2)cc1. The smallest absolute Gasteiger partial charge is 0.0594 e. The molecule has 29 heavy (non-hydrogen) atoms. The Kier molecular flexibility index (Phi) is 15.1. The van der Waals surface area contributed by atoms with E-state index in [9.17, 15) is 0 Å². The highest BCUT2D eigenvalue weighted by molar-refractivity contribution is 5.85. The largest absolute Gasteiger partial charge is 0.379 e. The minimum Gasteiger partial charge on any atom is -0.379 e. The van der Waals surface area contributed by atoms with Crippen LogP contribution in [0.5, 0.6) is 0 Å². The van der Waals surface area contributed by atoms with E-state index in [0.29, 0.717) is 0 Å².